The van der Waals surface area contributed by atoms with E-state index in [2.05, 4.69) is 15.0 Å². The Kier molecular flexibility index (Phi) is 3.49. The molecule has 1 N–H and O–H groups in total. The first-order chi connectivity index (χ1) is 8.04. The van der Waals surface area contributed by atoms with Crippen LogP contribution in [0, 0.1) is 13.8 Å². The Morgan fingerprint density at radius 2 is 2.12 bits per heavy atom. The molecule has 0 radical (unpaired) electrons. The summed E-state index contributed by atoms with van der Waals surface area (Å²) in [6.45, 7) is 3.71. The first-order valence-electron chi connectivity index (χ1n) is 4.92. The number of halogens is 1. The number of aryl methyl sites for hydroxylation is 2. The van der Waals surface area contributed by atoms with Gasteiger partial charge in [-0.2, -0.15) is 0 Å². The molecule has 2 aromatic rings. The van der Waals surface area contributed by atoms with E-state index in [0.29, 0.717) is 16.0 Å². The molecule has 0 unspecified atom stereocenters. The van der Waals surface area contributed by atoms with E-state index in [4.69, 9.17) is 11.6 Å². The maximum atomic E-state index is 11.3. The maximum Gasteiger partial charge on any atom is 0.251 e. The fraction of sp³-hybridized carbons (Fsp3) is 0.182. The van der Waals surface area contributed by atoms with Crippen LogP contribution in [0.25, 0.3) is 0 Å². The van der Waals surface area contributed by atoms with Crippen molar-refractivity contribution in [2.45, 2.75) is 23.9 Å². The van der Waals surface area contributed by atoms with Crippen LogP contribution in [0.15, 0.2) is 33.2 Å². The molecule has 2 rings (SSSR count). The average Bonchev–Trinajstić information content (AvgIpc) is 2.22. The summed E-state index contributed by atoms with van der Waals surface area (Å²) in [7, 11) is 0. The number of nitrogens with zero attached hydrogens (tertiary/aromatic N) is 2. The molecule has 0 aromatic carbocycles. The van der Waals surface area contributed by atoms with Gasteiger partial charge < -0.3 is 4.98 Å². The first-order valence-corrected chi connectivity index (χ1v) is 6.12. The third-order valence-corrected chi connectivity index (χ3v) is 3.33. The van der Waals surface area contributed by atoms with Crippen LogP contribution in [0.5, 0.6) is 0 Å². The Hall–Kier alpha value is -1.33. The number of pyridine rings is 1. The van der Waals surface area contributed by atoms with Crippen molar-refractivity contribution in [3.63, 3.8) is 0 Å². The van der Waals surface area contributed by atoms with Crippen molar-refractivity contribution in [1.29, 1.82) is 0 Å². The fourth-order valence-corrected chi connectivity index (χ4v) is 2.45. The molecule has 88 valence electrons. The normalized spacial score (nSPS) is 10.5. The van der Waals surface area contributed by atoms with E-state index in [1.54, 1.807) is 19.2 Å². The standard InChI is InChI=1S/C11H10ClN3OS/c1-6-5-13-9(12)4-8(6)17-11-14-7(2)3-10(16)15-11/h3-5H,1-2H3,(H,14,15,16). The van der Waals surface area contributed by atoms with Gasteiger partial charge in [0.25, 0.3) is 5.56 Å². The molecule has 2 heterocycles. The molecule has 6 heteroatoms. The van der Waals surface area contributed by atoms with Crippen LogP contribution in [-0.2, 0) is 0 Å². The monoisotopic (exact) mass is 267 g/mol. The van der Waals surface area contributed by atoms with Gasteiger partial charge in [0.2, 0.25) is 0 Å². The van der Waals surface area contributed by atoms with Gasteiger partial charge in [-0.3, -0.25) is 4.79 Å². The Balaban J connectivity index is 2.37. The second-order valence-electron chi connectivity index (χ2n) is 3.57. The third kappa shape index (κ3) is 3.08. The number of hydrogen-bond donors (Lipinski definition) is 1. The van der Waals surface area contributed by atoms with Crippen molar-refractivity contribution in [2.75, 3.05) is 0 Å². The van der Waals surface area contributed by atoms with Crippen molar-refractivity contribution in [3.8, 4) is 0 Å². The lowest BCUT2D eigenvalue weighted by Crippen LogP contribution is -2.07. The number of H-pyrrole nitrogens is 1. The summed E-state index contributed by atoms with van der Waals surface area (Å²) < 4.78 is 0. The van der Waals surface area contributed by atoms with Crippen LogP contribution in [0.2, 0.25) is 5.15 Å². The number of hydrogen-bond acceptors (Lipinski definition) is 4. The van der Waals surface area contributed by atoms with E-state index in [9.17, 15) is 4.79 Å². The van der Waals surface area contributed by atoms with Gasteiger partial charge in [-0.05, 0) is 25.5 Å². The average molecular weight is 268 g/mol. The van der Waals surface area contributed by atoms with Gasteiger partial charge in [-0.25, -0.2) is 9.97 Å². The number of nitrogens with one attached hydrogen (secondary N) is 1. The second kappa shape index (κ2) is 4.89. The zero-order valence-electron chi connectivity index (χ0n) is 9.32. The van der Waals surface area contributed by atoms with Gasteiger partial charge in [0, 0.05) is 22.9 Å². The van der Waals surface area contributed by atoms with Crippen molar-refractivity contribution in [2.24, 2.45) is 0 Å². The summed E-state index contributed by atoms with van der Waals surface area (Å²) in [5.41, 5.74) is 1.52. The van der Waals surface area contributed by atoms with E-state index < -0.39 is 0 Å². The van der Waals surface area contributed by atoms with E-state index in [0.717, 1.165) is 10.5 Å². The molecular formula is C11H10ClN3OS. The van der Waals surface area contributed by atoms with E-state index >= 15 is 0 Å². The predicted molar refractivity (Wildman–Crippen MR) is 67.7 cm³/mol. The Labute approximate surface area is 107 Å². The van der Waals surface area contributed by atoms with Crippen molar-refractivity contribution in [3.05, 3.63) is 45.1 Å². The largest absolute Gasteiger partial charge is 0.301 e. The minimum absolute atomic E-state index is 0.155. The van der Waals surface area contributed by atoms with E-state index in [1.165, 1.54) is 17.8 Å². The van der Waals surface area contributed by atoms with Gasteiger partial charge in [0.15, 0.2) is 5.16 Å². The molecule has 0 saturated heterocycles. The zero-order chi connectivity index (χ0) is 12.4. The Morgan fingerprint density at radius 3 is 2.82 bits per heavy atom. The van der Waals surface area contributed by atoms with Gasteiger partial charge in [0.05, 0.1) is 0 Å². The summed E-state index contributed by atoms with van der Waals surface area (Å²) in [5.74, 6) is 0. The molecule has 0 aliphatic rings. The third-order valence-electron chi connectivity index (χ3n) is 2.08. The van der Waals surface area contributed by atoms with Crippen LogP contribution in [0.4, 0.5) is 0 Å². The zero-order valence-corrected chi connectivity index (χ0v) is 10.9. The minimum Gasteiger partial charge on any atom is -0.301 e. The lowest BCUT2D eigenvalue weighted by molar-refractivity contribution is 0.904. The quantitative estimate of drug-likeness (QED) is 0.671. The fourth-order valence-electron chi connectivity index (χ4n) is 1.30. The predicted octanol–water partition coefficient (Wildman–Crippen LogP) is 2.59. The lowest BCUT2D eigenvalue weighted by atomic mass is 10.3. The molecule has 0 aliphatic heterocycles. The minimum atomic E-state index is -0.155. The van der Waals surface area contributed by atoms with Crippen LogP contribution in [0.1, 0.15) is 11.3 Å². The summed E-state index contributed by atoms with van der Waals surface area (Å²) >= 11 is 7.19. The molecule has 0 bridgehead atoms. The summed E-state index contributed by atoms with van der Waals surface area (Å²) in [6, 6.07) is 3.21. The lowest BCUT2D eigenvalue weighted by Gasteiger charge is -2.04. The molecular weight excluding hydrogens is 258 g/mol. The Bertz CT molecular complexity index is 612. The number of aromatic amines is 1. The van der Waals surface area contributed by atoms with Crippen LogP contribution in [-0.4, -0.2) is 15.0 Å². The van der Waals surface area contributed by atoms with Crippen molar-refractivity contribution >= 4 is 23.4 Å². The first kappa shape index (κ1) is 12.1. The number of aromatic nitrogens is 3. The summed E-state index contributed by atoms with van der Waals surface area (Å²) in [6.07, 6.45) is 1.69. The smallest absolute Gasteiger partial charge is 0.251 e. The Morgan fingerprint density at radius 1 is 1.35 bits per heavy atom. The van der Waals surface area contributed by atoms with E-state index in [-0.39, 0.29) is 5.56 Å². The highest BCUT2D eigenvalue weighted by Gasteiger charge is 2.05. The highest BCUT2D eigenvalue weighted by Crippen LogP contribution is 2.28. The molecule has 0 saturated carbocycles. The highest BCUT2D eigenvalue weighted by atomic mass is 35.5. The van der Waals surface area contributed by atoms with Gasteiger partial charge in [-0.15, -0.1) is 0 Å². The molecule has 0 spiro atoms. The summed E-state index contributed by atoms with van der Waals surface area (Å²) in [5, 5.41) is 0.980. The van der Waals surface area contributed by atoms with Crippen molar-refractivity contribution < 1.29 is 0 Å². The molecule has 0 fully saturated rings. The summed E-state index contributed by atoms with van der Waals surface area (Å²) in [4.78, 5) is 23.1. The highest BCUT2D eigenvalue weighted by molar-refractivity contribution is 7.99. The SMILES string of the molecule is Cc1cc(=O)[nH]c(Sc2cc(Cl)ncc2C)n1. The van der Waals surface area contributed by atoms with Gasteiger partial charge >= 0.3 is 0 Å². The van der Waals surface area contributed by atoms with Crippen molar-refractivity contribution in [1.82, 2.24) is 15.0 Å². The molecule has 2 aromatic heterocycles. The molecule has 0 atom stereocenters. The molecule has 4 nitrogen and oxygen atoms in total. The van der Waals surface area contributed by atoms with Gasteiger partial charge in [-0.1, -0.05) is 23.4 Å². The van der Waals surface area contributed by atoms with Crippen LogP contribution >= 0.6 is 23.4 Å². The number of rotatable bonds is 2. The van der Waals surface area contributed by atoms with E-state index in [1.807, 2.05) is 6.92 Å². The molecule has 0 amide bonds. The molecule has 0 aliphatic carbocycles. The van der Waals surface area contributed by atoms with Crippen LogP contribution in [0.3, 0.4) is 0 Å². The van der Waals surface area contributed by atoms with Crippen LogP contribution < -0.4 is 5.56 Å². The maximum absolute atomic E-state index is 11.3. The second-order valence-corrected chi connectivity index (χ2v) is 4.98. The molecule has 17 heavy (non-hydrogen) atoms. The van der Waals surface area contributed by atoms with Gasteiger partial charge in [0.1, 0.15) is 5.15 Å². The topological polar surface area (TPSA) is 58.6 Å².